The van der Waals surface area contributed by atoms with Crippen LogP contribution in [0.5, 0.6) is 0 Å². The average molecular weight is 280 g/mol. The summed E-state index contributed by atoms with van der Waals surface area (Å²) in [5.74, 6) is -1.93. The number of hydrogen-bond donors (Lipinski definition) is 2. The summed E-state index contributed by atoms with van der Waals surface area (Å²) in [4.78, 5) is 25.0. The van der Waals surface area contributed by atoms with Gasteiger partial charge in [0.05, 0.1) is 11.3 Å². The molecular weight excluding hydrogens is 263 g/mol. The zero-order chi connectivity index (χ0) is 14.9. The van der Waals surface area contributed by atoms with Crippen LogP contribution in [0.4, 0.5) is 14.9 Å². The fourth-order valence-corrected chi connectivity index (χ4v) is 2.47. The van der Waals surface area contributed by atoms with Crippen molar-refractivity contribution < 1.29 is 19.1 Å². The molecule has 6 heteroatoms. The summed E-state index contributed by atoms with van der Waals surface area (Å²) in [7, 11) is 0. The molecule has 1 aliphatic heterocycles. The number of carboxylic acid groups (broad SMARTS) is 1. The minimum atomic E-state index is -1.28. The van der Waals surface area contributed by atoms with Gasteiger partial charge in [0.15, 0.2) is 0 Å². The lowest BCUT2D eigenvalue weighted by atomic mass is 10.0. The monoisotopic (exact) mass is 280 g/mol. The van der Waals surface area contributed by atoms with E-state index in [1.54, 1.807) is 4.90 Å². The zero-order valence-corrected chi connectivity index (χ0v) is 11.4. The molecule has 20 heavy (non-hydrogen) atoms. The third-order valence-corrected chi connectivity index (χ3v) is 3.60. The summed E-state index contributed by atoms with van der Waals surface area (Å²) in [6.07, 6.45) is 1.81. The summed E-state index contributed by atoms with van der Waals surface area (Å²) in [5.41, 5.74) is -0.407. The lowest BCUT2D eigenvalue weighted by Crippen LogP contribution is -2.45. The number of aromatic carboxylic acids is 1. The summed E-state index contributed by atoms with van der Waals surface area (Å²) in [6.45, 7) is 4.55. The van der Waals surface area contributed by atoms with Crippen molar-refractivity contribution in [3.63, 3.8) is 0 Å². The number of likely N-dealkylation sites (tertiary alicyclic amines) is 1. The van der Waals surface area contributed by atoms with E-state index in [-0.39, 0.29) is 22.8 Å². The SMILES string of the molecule is CC1(C)CCCN1C(=O)Nc1ccc(F)cc1C(=O)O. The van der Waals surface area contributed by atoms with Crippen LogP contribution >= 0.6 is 0 Å². The van der Waals surface area contributed by atoms with Crippen LogP contribution in [0.15, 0.2) is 18.2 Å². The van der Waals surface area contributed by atoms with E-state index in [4.69, 9.17) is 5.11 Å². The number of hydrogen-bond acceptors (Lipinski definition) is 2. The largest absolute Gasteiger partial charge is 0.478 e. The predicted octanol–water partition coefficient (Wildman–Crippen LogP) is 2.93. The van der Waals surface area contributed by atoms with Crippen molar-refractivity contribution in [1.29, 1.82) is 0 Å². The number of benzene rings is 1. The van der Waals surface area contributed by atoms with Crippen LogP contribution in [-0.2, 0) is 0 Å². The molecule has 2 rings (SSSR count). The number of urea groups is 1. The summed E-state index contributed by atoms with van der Waals surface area (Å²) >= 11 is 0. The number of nitrogens with one attached hydrogen (secondary N) is 1. The Morgan fingerprint density at radius 3 is 2.65 bits per heavy atom. The Bertz CT molecular complexity index is 557. The molecule has 1 aliphatic rings. The van der Waals surface area contributed by atoms with Crippen molar-refractivity contribution in [3.05, 3.63) is 29.6 Å². The molecule has 0 bridgehead atoms. The maximum absolute atomic E-state index is 13.1. The summed E-state index contributed by atoms with van der Waals surface area (Å²) < 4.78 is 13.1. The Kier molecular flexibility index (Phi) is 3.65. The van der Waals surface area contributed by atoms with Crippen LogP contribution in [0.25, 0.3) is 0 Å². The van der Waals surface area contributed by atoms with Gasteiger partial charge in [-0.05, 0) is 44.9 Å². The van der Waals surface area contributed by atoms with E-state index in [1.807, 2.05) is 13.8 Å². The highest BCUT2D eigenvalue weighted by molar-refractivity contribution is 6.00. The van der Waals surface area contributed by atoms with Gasteiger partial charge in [-0.1, -0.05) is 0 Å². The average Bonchev–Trinajstić information content (AvgIpc) is 2.71. The molecule has 0 spiro atoms. The van der Waals surface area contributed by atoms with Crippen molar-refractivity contribution in [2.24, 2.45) is 0 Å². The first-order valence-corrected chi connectivity index (χ1v) is 6.43. The second kappa shape index (κ2) is 5.11. The number of amides is 2. The third-order valence-electron chi connectivity index (χ3n) is 3.60. The van der Waals surface area contributed by atoms with Crippen molar-refractivity contribution >= 4 is 17.7 Å². The predicted molar refractivity (Wildman–Crippen MR) is 72.4 cm³/mol. The van der Waals surface area contributed by atoms with E-state index in [0.29, 0.717) is 6.54 Å². The maximum atomic E-state index is 13.1. The standard InChI is InChI=1S/C14H17FN2O3/c1-14(2)6-3-7-17(14)13(20)16-11-5-4-9(15)8-10(11)12(18)19/h4-5,8H,3,6-7H2,1-2H3,(H,16,20)(H,18,19). The number of carbonyl (C=O) groups is 2. The topological polar surface area (TPSA) is 69.6 Å². The van der Waals surface area contributed by atoms with Gasteiger partial charge < -0.3 is 15.3 Å². The molecule has 0 unspecified atom stereocenters. The molecule has 1 aromatic rings. The molecule has 0 radical (unpaired) electrons. The molecule has 1 saturated heterocycles. The normalized spacial score (nSPS) is 17.1. The van der Waals surface area contributed by atoms with E-state index in [1.165, 1.54) is 6.07 Å². The highest BCUT2D eigenvalue weighted by atomic mass is 19.1. The fourth-order valence-electron chi connectivity index (χ4n) is 2.47. The quantitative estimate of drug-likeness (QED) is 0.875. The number of anilines is 1. The highest BCUT2D eigenvalue weighted by Crippen LogP contribution is 2.29. The lowest BCUT2D eigenvalue weighted by Gasteiger charge is -2.31. The zero-order valence-electron chi connectivity index (χ0n) is 11.4. The summed E-state index contributed by atoms with van der Waals surface area (Å²) in [5, 5.41) is 11.6. The van der Waals surface area contributed by atoms with Gasteiger partial charge in [-0.3, -0.25) is 0 Å². The molecule has 2 N–H and O–H groups in total. The van der Waals surface area contributed by atoms with Gasteiger partial charge in [0.1, 0.15) is 5.82 Å². The van der Waals surface area contributed by atoms with Crippen molar-refractivity contribution in [2.75, 3.05) is 11.9 Å². The van der Waals surface area contributed by atoms with Crippen LogP contribution in [0.2, 0.25) is 0 Å². The number of nitrogens with zero attached hydrogens (tertiary/aromatic N) is 1. The smallest absolute Gasteiger partial charge is 0.337 e. The Hall–Kier alpha value is -2.11. The number of rotatable bonds is 2. The molecule has 0 saturated carbocycles. The number of carbonyl (C=O) groups excluding carboxylic acids is 1. The molecule has 108 valence electrons. The first kappa shape index (κ1) is 14.3. The molecule has 0 aliphatic carbocycles. The van der Waals surface area contributed by atoms with Crippen LogP contribution in [0.1, 0.15) is 37.0 Å². The Balaban J connectivity index is 2.22. The van der Waals surface area contributed by atoms with Crippen LogP contribution in [0.3, 0.4) is 0 Å². The van der Waals surface area contributed by atoms with E-state index >= 15 is 0 Å². The van der Waals surface area contributed by atoms with E-state index in [0.717, 1.165) is 25.0 Å². The first-order chi connectivity index (χ1) is 9.31. The van der Waals surface area contributed by atoms with Crippen molar-refractivity contribution in [2.45, 2.75) is 32.2 Å². The van der Waals surface area contributed by atoms with Gasteiger partial charge >= 0.3 is 12.0 Å². The van der Waals surface area contributed by atoms with Gasteiger partial charge in [0, 0.05) is 12.1 Å². The van der Waals surface area contributed by atoms with Gasteiger partial charge in [0.25, 0.3) is 0 Å². The molecule has 5 nitrogen and oxygen atoms in total. The molecule has 0 atom stereocenters. The number of halogens is 1. The van der Waals surface area contributed by atoms with Crippen LogP contribution in [0, 0.1) is 5.82 Å². The second-order valence-corrected chi connectivity index (χ2v) is 5.49. The van der Waals surface area contributed by atoms with Crippen molar-refractivity contribution in [1.82, 2.24) is 4.90 Å². The van der Waals surface area contributed by atoms with Gasteiger partial charge in [-0.15, -0.1) is 0 Å². The van der Waals surface area contributed by atoms with E-state index in [9.17, 15) is 14.0 Å². The Morgan fingerprint density at radius 2 is 2.10 bits per heavy atom. The van der Waals surface area contributed by atoms with Gasteiger partial charge in [0.2, 0.25) is 0 Å². The van der Waals surface area contributed by atoms with Gasteiger partial charge in [-0.2, -0.15) is 0 Å². The Labute approximate surface area is 116 Å². The van der Waals surface area contributed by atoms with Gasteiger partial charge in [-0.25, -0.2) is 14.0 Å². The van der Waals surface area contributed by atoms with Crippen LogP contribution in [-0.4, -0.2) is 34.1 Å². The molecule has 2 amide bonds. The first-order valence-electron chi connectivity index (χ1n) is 6.43. The molecule has 1 heterocycles. The van der Waals surface area contributed by atoms with Crippen molar-refractivity contribution in [3.8, 4) is 0 Å². The maximum Gasteiger partial charge on any atom is 0.337 e. The fraction of sp³-hybridized carbons (Fsp3) is 0.429. The molecule has 0 aromatic heterocycles. The third kappa shape index (κ3) is 2.74. The summed E-state index contributed by atoms with van der Waals surface area (Å²) in [6, 6.07) is 2.92. The molecule has 1 aromatic carbocycles. The molecular formula is C14H17FN2O3. The van der Waals surface area contributed by atoms with Crippen LogP contribution < -0.4 is 5.32 Å². The molecule has 1 fully saturated rings. The highest BCUT2D eigenvalue weighted by Gasteiger charge is 2.35. The minimum Gasteiger partial charge on any atom is -0.478 e. The lowest BCUT2D eigenvalue weighted by molar-refractivity contribution is 0.0697. The van der Waals surface area contributed by atoms with E-state index < -0.39 is 11.8 Å². The second-order valence-electron chi connectivity index (χ2n) is 5.49. The Morgan fingerprint density at radius 1 is 1.40 bits per heavy atom. The van der Waals surface area contributed by atoms with E-state index in [2.05, 4.69) is 5.32 Å². The minimum absolute atomic E-state index is 0.103. The number of carboxylic acids is 1.